The van der Waals surface area contributed by atoms with Gasteiger partial charge >= 0.3 is 5.97 Å². The van der Waals surface area contributed by atoms with Gasteiger partial charge in [-0.3, -0.25) is 0 Å². The Labute approximate surface area is 114 Å². The molecule has 1 saturated carbocycles. The van der Waals surface area contributed by atoms with E-state index in [1.54, 1.807) is 12.1 Å². The van der Waals surface area contributed by atoms with Crippen LogP contribution in [0.15, 0.2) is 18.2 Å². The molecular formula is C15H22N2O2. The van der Waals surface area contributed by atoms with Crippen molar-refractivity contribution in [3.63, 3.8) is 0 Å². The average Bonchev–Trinajstić information content (AvgIpc) is 2.88. The van der Waals surface area contributed by atoms with Crippen LogP contribution >= 0.6 is 0 Å². The van der Waals surface area contributed by atoms with E-state index in [0.717, 1.165) is 18.2 Å². The van der Waals surface area contributed by atoms with Crippen molar-refractivity contribution in [2.24, 2.45) is 5.92 Å². The Balaban J connectivity index is 1.98. The van der Waals surface area contributed by atoms with E-state index >= 15 is 0 Å². The van der Waals surface area contributed by atoms with Gasteiger partial charge in [-0.15, -0.1) is 0 Å². The zero-order chi connectivity index (χ0) is 13.8. The van der Waals surface area contributed by atoms with Gasteiger partial charge < -0.3 is 15.7 Å². The van der Waals surface area contributed by atoms with E-state index in [1.807, 2.05) is 7.05 Å². The van der Waals surface area contributed by atoms with E-state index in [-0.39, 0.29) is 5.56 Å². The smallest absolute Gasteiger partial charge is 0.335 e. The molecule has 0 aromatic heterocycles. The molecule has 1 aromatic rings. The largest absolute Gasteiger partial charge is 0.478 e. The summed E-state index contributed by atoms with van der Waals surface area (Å²) in [6.45, 7) is 0.973. The Morgan fingerprint density at radius 2 is 2.11 bits per heavy atom. The standard InChI is InChI=1S/C15H22N2O2/c1-17(9-8-11-4-2-3-5-11)14-7-6-12(15(18)19)10-13(14)16/h6-7,10-11H,2-5,8-9,16H2,1H3,(H,18,19). The van der Waals surface area contributed by atoms with Crippen LogP contribution in [-0.4, -0.2) is 24.7 Å². The minimum atomic E-state index is -0.938. The second-order valence-electron chi connectivity index (χ2n) is 5.44. The molecule has 1 fully saturated rings. The summed E-state index contributed by atoms with van der Waals surface area (Å²) in [6.07, 6.45) is 6.62. The first-order valence-electron chi connectivity index (χ1n) is 6.92. The first kappa shape index (κ1) is 13.7. The van der Waals surface area contributed by atoms with Crippen LogP contribution in [0, 0.1) is 5.92 Å². The van der Waals surface area contributed by atoms with Gasteiger partial charge in [0.05, 0.1) is 16.9 Å². The van der Waals surface area contributed by atoms with Crippen LogP contribution in [0.25, 0.3) is 0 Å². The average molecular weight is 262 g/mol. The van der Waals surface area contributed by atoms with Crippen molar-refractivity contribution in [1.29, 1.82) is 0 Å². The van der Waals surface area contributed by atoms with Crippen LogP contribution in [0.4, 0.5) is 11.4 Å². The Morgan fingerprint density at radius 3 is 2.68 bits per heavy atom. The number of carbonyl (C=O) groups is 1. The molecule has 4 nitrogen and oxygen atoms in total. The van der Waals surface area contributed by atoms with E-state index in [4.69, 9.17) is 10.8 Å². The molecule has 1 aromatic carbocycles. The topological polar surface area (TPSA) is 66.6 Å². The van der Waals surface area contributed by atoms with Gasteiger partial charge in [-0.05, 0) is 30.5 Å². The predicted molar refractivity (Wildman–Crippen MR) is 77.7 cm³/mol. The van der Waals surface area contributed by atoms with Crippen LogP contribution in [0.5, 0.6) is 0 Å². The number of carboxylic acids is 1. The maximum absolute atomic E-state index is 10.9. The molecule has 0 unspecified atom stereocenters. The molecule has 0 amide bonds. The lowest BCUT2D eigenvalue weighted by Crippen LogP contribution is -2.21. The number of nitrogen functional groups attached to an aromatic ring is 1. The quantitative estimate of drug-likeness (QED) is 0.801. The van der Waals surface area contributed by atoms with Crippen molar-refractivity contribution >= 4 is 17.3 Å². The molecule has 0 saturated heterocycles. The summed E-state index contributed by atoms with van der Waals surface area (Å²) in [5.74, 6) is -0.0891. The number of hydrogen-bond acceptors (Lipinski definition) is 3. The van der Waals surface area contributed by atoms with Crippen molar-refractivity contribution in [3.05, 3.63) is 23.8 Å². The molecule has 0 radical (unpaired) electrons. The maximum Gasteiger partial charge on any atom is 0.335 e. The van der Waals surface area contributed by atoms with Gasteiger partial charge in [0.2, 0.25) is 0 Å². The van der Waals surface area contributed by atoms with Crippen molar-refractivity contribution in [3.8, 4) is 0 Å². The number of anilines is 2. The number of hydrogen-bond donors (Lipinski definition) is 2. The number of benzene rings is 1. The Morgan fingerprint density at radius 1 is 1.42 bits per heavy atom. The fourth-order valence-electron chi connectivity index (χ4n) is 2.83. The van der Waals surface area contributed by atoms with Gasteiger partial charge in [-0.2, -0.15) is 0 Å². The number of rotatable bonds is 5. The second kappa shape index (κ2) is 5.95. The first-order chi connectivity index (χ1) is 9.08. The molecule has 1 aliphatic rings. The molecule has 0 heterocycles. The molecule has 104 valence electrons. The number of nitrogens with zero attached hydrogens (tertiary/aromatic N) is 1. The van der Waals surface area contributed by atoms with E-state index in [1.165, 1.54) is 38.2 Å². The van der Waals surface area contributed by atoms with Gasteiger partial charge in [-0.25, -0.2) is 4.79 Å². The van der Waals surface area contributed by atoms with Crippen LogP contribution in [0.3, 0.4) is 0 Å². The molecule has 19 heavy (non-hydrogen) atoms. The zero-order valence-electron chi connectivity index (χ0n) is 11.4. The summed E-state index contributed by atoms with van der Waals surface area (Å²) in [5, 5.41) is 8.92. The van der Waals surface area contributed by atoms with Gasteiger partial charge in [0.1, 0.15) is 0 Å². The molecule has 0 bridgehead atoms. The van der Waals surface area contributed by atoms with Crippen molar-refractivity contribution in [2.45, 2.75) is 32.1 Å². The lowest BCUT2D eigenvalue weighted by atomic mass is 10.0. The molecule has 0 atom stereocenters. The molecule has 0 spiro atoms. The third kappa shape index (κ3) is 3.40. The first-order valence-corrected chi connectivity index (χ1v) is 6.92. The minimum Gasteiger partial charge on any atom is -0.478 e. The lowest BCUT2D eigenvalue weighted by molar-refractivity contribution is 0.0697. The lowest BCUT2D eigenvalue weighted by Gasteiger charge is -2.23. The van der Waals surface area contributed by atoms with Crippen LogP contribution in [-0.2, 0) is 0 Å². The summed E-state index contributed by atoms with van der Waals surface area (Å²) >= 11 is 0. The number of aromatic carboxylic acids is 1. The predicted octanol–water partition coefficient (Wildman–Crippen LogP) is 2.98. The van der Waals surface area contributed by atoms with Gasteiger partial charge in [0.25, 0.3) is 0 Å². The Bertz CT molecular complexity index is 453. The van der Waals surface area contributed by atoms with Crippen molar-refractivity contribution < 1.29 is 9.90 Å². The molecule has 1 aliphatic carbocycles. The van der Waals surface area contributed by atoms with Gasteiger partial charge in [0, 0.05) is 13.6 Å². The maximum atomic E-state index is 10.9. The number of carboxylic acid groups (broad SMARTS) is 1. The Kier molecular flexibility index (Phi) is 4.30. The van der Waals surface area contributed by atoms with Crippen molar-refractivity contribution in [1.82, 2.24) is 0 Å². The highest BCUT2D eigenvalue weighted by Gasteiger charge is 2.16. The summed E-state index contributed by atoms with van der Waals surface area (Å²) in [5.41, 5.74) is 7.64. The van der Waals surface area contributed by atoms with Gasteiger partial charge in [0.15, 0.2) is 0 Å². The highest BCUT2D eigenvalue weighted by Crippen LogP contribution is 2.29. The summed E-state index contributed by atoms with van der Waals surface area (Å²) < 4.78 is 0. The summed E-state index contributed by atoms with van der Waals surface area (Å²) in [7, 11) is 2.01. The third-order valence-electron chi connectivity index (χ3n) is 4.03. The van der Waals surface area contributed by atoms with Crippen molar-refractivity contribution in [2.75, 3.05) is 24.2 Å². The fraction of sp³-hybridized carbons (Fsp3) is 0.533. The monoisotopic (exact) mass is 262 g/mol. The summed E-state index contributed by atoms with van der Waals surface area (Å²) in [4.78, 5) is 13.0. The Hall–Kier alpha value is -1.71. The van der Waals surface area contributed by atoms with E-state index in [2.05, 4.69) is 4.90 Å². The minimum absolute atomic E-state index is 0.241. The normalized spacial score (nSPS) is 15.6. The molecular weight excluding hydrogens is 240 g/mol. The zero-order valence-corrected chi connectivity index (χ0v) is 11.4. The highest BCUT2D eigenvalue weighted by atomic mass is 16.4. The van der Waals surface area contributed by atoms with E-state index < -0.39 is 5.97 Å². The molecule has 2 rings (SSSR count). The van der Waals surface area contributed by atoms with E-state index in [9.17, 15) is 4.79 Å². The number of nitrogens with two attached hydrogens (primary N) is 1. The third-order valence-corrected chi connectivity index (χ3v) is 4.03. The second-order valence-corrected chi connectivity index (χ2v) is 5.44. The van der Waals surface area contributed by atoms with Crippen LogP contribution < -0.4 is 10.6 Å². The van der Waals surface area contributed by atoms with Gasteiger partial charge in [-0.1, -0.05) is 25.7 Å². The fourth-order valence-corrected chi connectivity index (χ4v) is 2.83. The SMILES string of the molecule is CN(CCC1CCCC1)c1ccc(C(=O)O)cc1N. The highest BCUT2D eigenvalue weighted by molar-refractivity contribution is 5.90. The van der Waals surface area contributed by atoms with E-state index in [0.29, 0.717) is 5.69 Å². The summed E-state index contributed by atoms with van der Waals surface area (Å²) in [6, 6.07) is 4.94. The van der Waals surface area contributed by atoms with Crippen LogP contribution in [0.2, 0.25) is 0 Å². The molecule has 4 heteroatoms. The molecule has 0 aliphatic heterocycles. The van der Waals surface area contributed by atoms with Crippen LogP contribution in [0.1, 0.15) is 42.5 Å². The molecule has 3 N–H and O–H groups in total.